The number of rotatable bonds is 5. The third-order valence-corrected chi connectivity index (χ3v) is 3.97. The van der Waals surface area contributed by atoms with Crippen LogP contribution < -0.4 is 9.80 Å². The second kappa shape index (κ2) is 7.95. The van der Waals surface area contributed by atoms with Crippen LogP contribution in [0.3, 0.4) is 0 Å². The van der Waals surface area contributed by atoms with Crippen LogP contribution >= 0.6 is 12.2 Å². The van der Waals surface area contributed by atoms with Crippen LogP contribution in [0.4, 0.5) is 5.69 Å². The fourth-order valence-corrected chi connectivity index (χ4v) is 2.45. The van der Waals surface area contributed by atoms with E-state index in [0.29, 0.717) is 5.69 Å². The summed E-state index contributed by atoms with van der Waals surface area (Å²) in [5.41, 5.74) is 4.45. The van der Waals surface area contributed by atoms with Gasteiger partial charge in [0.2, 0.25) is 0 Å². The van der Waals surface area contributed by atoms with E-state index in [4.69, 9.17) is 21.7 Å². The highest BCUT2D eigenvalue weighted by Crippen LogP contribution is 2.26. The number of thiocarbonyl (C=S) groups is 1. The van der Waals surface area contributed by atoms with Gasteiger partial charge in [0.15, 0.2) is 0 Å². The number of benzene rings is 2. The van der Waals surface area contributed by atoms with Gasteiger partial charge < -0.3 is 9.47 Å². The summed E-state index contributed by atoms with van der Waals surface area (Å²) < 4.78 is 10.8. The van der Waals surface area contributed by atoms with E-state index in [9.17, 15) is 5.21 Å². The molecule has 2 aromatic carbocycles. The third kappa shape index (κ3) is 4.13. The molecule has 0 spiro atoms. The molecule has 5 heteroatoms. The highest BCUT2D eigenvalue weighted by molar-refractivity contribution is 7.80. The normalized spacial score (nSPS) is 10.2. The minimum absolute atomic E-state index is 0.0332. The molecule has 2 aromatic rings. The Morgan fingerprint density at radius 3 is 2.62 bits per heavy atom. The number of hydrogen-bond acceptors (Lipinski definition) is 4. The molecule has 0 radical (unpaired) electrons. The number of anilines is 1. The molecule has 0 fully saturated rings. The summed E-state index contributed by atoms with van der Waals surface area (Å²) >= 11 is 4.99. The number of ether oxygens (including phenoxy) is 2. The van der Waals surface area contributed by atoms with Crippen molar-refractivity contribution >= 4 is 29.2 Å². The quantitative estimate of drug-likeness (QED) is 0.632. The highest BCUT2D eigenvalue weighted by atomic mass is 32.1. The van der Waals surface area contributed by atoms with E-state index in [0.717, 1.165) is 27.5 Å². The van der Waals surface area contributed by atoms with E-state index in [-0.39, 0.29) is 11.8 Å². The summed E-state index contributed by atoms with van der Waals surface area (Å²) in [4.78, 5) is 0. The molecule has 0 amide bonds. The highest BCUT2D eigenvalue weighted by Gasteiger charge is 2.15. The van der Waals surface area contributed by atoms with Crippen molar-refractivity contribution in [2.45, 2.75) is 20.5 Å². The molecule has 0 aliphatic heterocycles. The zero-order chi connectivity index (χ0) is 17.7. The topological polar surface area (TPSA) is 41.9 Å². The van der Waals surface area contributed by atoms with Gasteiger partial charge in [-0.25, -0.2) is 0 Å². The lowest BCUT2D eigenvalue weighted by Gasteiger charge is -2.20. The van der Waals surface area contributed by atoms with Crippen molar-refractivity contribution in [2.24, 2.45) is 0 Å². The van der Waals surface area contributed by atoms with E-state index in [1.807, 2.05) is 38.1 Å². The molecule has 0 aliphatic rings. The first-order chi connectivity index (χ1) is 11.5. The Kier molecular flexibility index (Phi) is 5.95. The summed E-state index contributed by atoms with van der Waals surface area (Å²) in [5, 5.41) is 11.0. The van der Waals surface area contributed by atoms with Crippen LogP contribution in [-0.4, -0.2) is 17.5 Å². The lowest BCUT2D eigenvalue weighted by molar-refractivity contribution is 0.264. The number of methoxy groups -OCH3 is 1. The number of hydroxylamine groups is 1. The molecule has 0 saturated heterocycles. The third-order valence-electron chi connectivity index (χ3n) is 3.63. The predicted octanol–water partition coefficient (Wildman–Crippen LogP) is 4.65. The van der Waals surface area contributed by atoms with Gasteiger partial charge in [0.25, 0.3) is 5.17 Å². The van der Waals surface area contributed by atoms with Crippen LogP contribution in [0.15, 0.2) is 43.0 Å². The Hall–Kier alpha value is -2.37. The lowest BCUT2D eigenvalue weighted by atomic mass is 10.1. The molecule has 2 rings (SSSR count). The van der Waals surface area contributed by atoms with Crippen LogP contribution in [0, 0.1) is 13.8 Å². The van der Waals surface area contributed by atoms with Crippen molar-refractivity contribution in [1.82, 2.24) is 0 Å². The number of nitrogens with zero attached hydrogens (tertiary/aromatic N) is 1. The average Bonchev–Trinajstić information content (AvgIpc) is 2.59. The summed E-state index contributed by atoms with van der Waals surface area (Å²) in [6.45, 7) is 8.10. The maximum absolute atomic E-state index is 10.2. The molecule has 0 saturated carbocycles. The molecule has 0 atom stereocenters. The maximum Gasteiger partial charge on any atom is 0.288 e. The van der Waals surface area contributed by atoms with Crippen LogP contribution in [0.25, 0.3) is 6.08 Å². The van der Waals surface area contributed by atoms with Gasteiger partial charge in [-0.1, -0.05) is 36.4 Å². The summed E-state index contributed by atoms with van der Waals surface area (Å²) in [6, 6.07) is 11.5. The second-order valence-electron chi connectivity index (χ2n) is 5.43. The Morgan fingerprint density at radius 1 is 1.25 bits per heavy atom. The van der Waals surface area contributed by atoms with Crippen molar-refractivity contribution in [2.75, 3.05) is 12.2 Å². The molecule has 0 aliphatic carbocycles. The number of aryl methyl sites for hydroxylation is 2. The minimum atomic E-state index is -0.0332. The van der Waals surface area contributed by atoms with Crippen LogP contribution in [0.2, 0.25) is 0 Å². The van der Waals surface area contributed by atoms with Gasteiger partial charge in [0.1, 0.15) is 12.4 Å². The first kappa shape index (κ1) is 18.0. The molecule has 0 bridgehead atoms. The van der Waals surface area contributed by atoms with Crippen LogP contribution in [-0.2, 0) is 11.3 Å². The van der Waals surface area contributed by atoms with Gasteiger partial charge in [-0.15, -0.1) is 0 Å². The molecule has 4 nitrogen and oxygen atoms in total. The molecule has 0 heterocycles. The van der Waals surface area contributed by atoms with E-state index < -0.39 is 0 Å². The van der Waals surface area contributed by atoms with Crippen LogP contribution in [0.5, 0.6) is 5.75 Å². The van der Waals surface area contributed by atoms with Crippen molar-refractivity contribution in [3.63, 3.8) is 0 Å². The van der Waals surface area contributed by atoms with E-state index in [2.05, 4.69) is 12.6 Å². The molecule has 0 aromatic heterocycles. The fourth-order valence-electron chi connectivity index (χ4n) is 2.36. The summed E-state index contributed by atoms with van der Waals surface area (Å²) in [5.74, 6) is 0.800. The van der Waals surface area contributed by atoms with Gasteiger partial charge in [-0.05, 0) is 55.4 Å². The molecule has 1 N–H and O–H groups in total. The van der Waals surface area contributed by atoms with Crippen molar-refractivity contribution in [3.05, 3.63) is 65.2 Å². The van der Waals surface area contributed by atoms with Gasteiger partial charge in [0.05, 0.1) is 12.8 Å². The van der Waals surface area contributed by atoms with Crippen molar-refractivity contribution < 1.29 is 14.7 Å². The smallest absolute Gasteiger partial charge is 0.288 e. The summed E-state index contributed by atoms with van der Waals surface area (Å²) in [7, 11) is 1.41. The van der Waals surface area contributed by atoms with Gasteiger partial charge in [0, 0.05) is 5.56 Å². The Morgan fingerprint density at radius 2 is 2.00 bits per heavy atom. The largest absolute Gasteiger partial charge is 0.489 e. The van der Waals surface area contributed by atoms with E-state index in [1.165, 1.54) is 12.7 Å². The van der Waals surface area contributed by atoms with E-state index in [1.54, 1.807) is 12.1 Å². The molecular formula is C19H21NO3S. The Bertz CT molecular complexity index is 758. The standard InChI is InChI=1S/C19H21NO3S/c1-5-15-7-8-17(20(21)19(24)22-4)16(11-15)12-23-18-9-6-13(2)10-14(18)3/h5-11,21H,1,12H2,2-4H3. The predicted molar refractivity (Wildman–Crippen MR) is 101 cm³/mol. The summed E-state index contributed by atoms with van der Waals surface area (Å²) in [6.07, 6.45) is 1.74. The zero-order valence-corrected chi connectivity index (χ0v) is 14.9. The van der Waals surface area contributed by atoms with Gasteiger partial charge in [-0.3, -0.25) is 5.21 Å². The Labute approximate surface area is 147 Å². The molecular weight excluding hydrogens is 322 g/mol. The Balaban J connectivity index is 2.29. The van der Waals surface area contributed by atoms with E-state index >= 15 is 0 Å². The molecule has 24 heavy (non-hydrogen) atoms. The zero-order valence-electron chi connectivity index (χ0n) is 14.1. The minimum Gasteiger partial charge on any atom is -0.489 e. The average molecular weight is 343 g/mol. The van der Waals surface area contributed by atoms with Crippen molar-refractivity contribution in [3.8, 4) is 5.75 Å². The van der Waals surface area contributed by atoms with Crippen LogP contribution in [0.1, 0.15) is 22.3 Å². The molecule has 126 valence electrons. The van der Waals surface area contributed by atoms with Gasteiger partial charge in [-0.2, -0.15) is 5.06 Å². The second-order valence-corrected chi connectivity index (χ2v) is 5.78. The van der Waals surface area contributed by atoms with Gasteiger partial charge >= 0.3 is 0 Å². The number of hydrogen-bond donors (Lipinski definition) is 1. The molecule has 0 unspecified atom stereocenters. The lowest BCUT2D eigenvalue weighted by Crippen LogP contribution is -2.27. The van der Waals surface area contributed by atoms with Crippen molar-refractivity contribution in [1.29, 1.82) is 0 Å². The monoisotopic (exact) mass is 343 g/mol. The maximum atomic E-state index is 10.2. The SMILES string of the molecule is C=Cc1ccc(N(O)C(=S)OC)c(COc2ccc(C)cc2C)c1. The first-order valence-corrected chi connectivity index (χ1v) is 7.89. The fraction of sp³-hybridized carbons (Fsp3) is 0.211. The first-order valence-electron chi connectivity index (χ1n) is 7.48.